The van der Waals surface area contributed by atoms with Crippen LogP contribution in [0.25, 0.3) is 16.9 Å². The van der Waals surface area contributed by atoms with E-state index in [0.717, 1.165) is 5.56 Å². The van der Waals surface area contributed by atoms with E-state index in [0.29, 0.717) is 23.6 Å². The molecule has 0 aliphatic carbocycles. The third-order valence-corrected chi connectivity index (χ3v) is 4.77. The highest BCUT2D eigenvalue weighted by atomic mass is 16.5. The zero-order valence-corrected chi connectivity index (χ0v) is 18.2. The van der Waals surface area contributed by atoms with Gasteiger partial charge in [-0.05, 0) is 6.92 Å². The van der Waals surface area contributed by atoms with Gasteiger partial charge in [-0.15, -0.1) is 10.2 Å². The number of nitrogens with zero attached hydrogens (tertiary/aromatic N) is 6. The van der Waals surface area contributed by atoms with Gasteiger partial charge in [-0.25, -0.2) is 0 Å². The van der Waals surface area contributed by atoms with Crippen LogP contribution in [-0.4, -0.2) is 31.4 Å². The molecule has 0 bridgehead atoms. The third kappa shape index (κ3) is 3.76. The molecule has 0 amide bonds. The average molecular weight is 430 g/mol. The summed E-state index contributed by atoms with van der Waals surface area (Å²) in [6, 6.07) is 13.5. The molecule has 0 aliphatic rings. The van der Waals surface area contributed by atoms with Crippen molar-refractivity contribution in [1.82, 2.24) is 24.8 Å². The number of aromatic nitrogens is 5. The van der Waals surface area contributed by atoms with Crippen LogP contribution in [0.15, 0.2) is 51.4 Å². The summed E-state index contributed by atoms with van der Waals surface area (Å²) in [5, 5.41) is 29.3. The number of azo groups is 1. The maximum Gasteiger partial charge on any atom is 0.283 e. The molecule has 0 saturated heterocycles. The minimum atomic E-state index is -0.491. The molecule has 10 nitrogen and oxygen atoms in total. The second-order valence-corrected chi connectivity index (χ2v) is 8.09. The van der Waals surface area contributed by atoms with Crippen LogP contribution in [0.4, 0.5) is 11.5 Å². The van der Waals surface area contributed by atoms with Crippen LogP contribution in [0.1, 0.15) is 39.0 Å². The van der Waals surface area contributed by atoms with E-state index in [4.69, 9.17) is 4.74 Å². The highest BCUT2D eigenvalue weighted by Gasteiger charge is 2.24. The molecule has 2 N–H and O–H groups in total. The van der Waals surface area contributed by atoms with Crippen molar-refractivity contribution in [3.63, 3.8) is 0 Å². The summed E-state index contributed by atoms with van der Waals surface area (Å²) in [4.78, 5) is 15.6. The molecule has 32 heavy (non-hydrogen) atoms. The van der Waals surface area contributed by atoms with E-state index in [1.807, 2.05) is 51.1 Å². The topological polar surface area (TPSA) is 137 Å². The molecule has 0 radical (unpaired) electrons. The number of benzene rings is 1. The number of rotatable bonds is 5. The molecule has 3 heterocycles. The molecule has 0 spiro atoms. The van der Waals surface area contributed by atoms with Gasteiger partial charge in [0.1, 0.15) is 17.3 Å². The Morgan fingerprint density at radius 1 is 1.22 bits per heavy atom. The van der Waals surface area contributed by atoms with Crippen molar-refractivity contribution in [2.75, 3.05) is 6.61 Å². The van der Waals surface area contributed by atoms with Crippen LogP contribution >= 0.6 is 0 Å². The van der Waals surface area contributed by atoms with Gasteiger partial charge >= 0.3 is 0 Å². The number of hydrogen-bond acceptors (Lipinski definition) is 7. The van der Waals surface area contributed by atoms with Crippen molar-refractivity contribution in [2.45, 2.75) is 33.1 Å². The largest absolute Gasteiger partial charge is 0.476 e. The van der Waals surface area contributed by atoms with Crippen molar-refractivity contribution in [3.8, 4) is 23.2 Å². The van der Waals surface area contributed by atoms with Gasteiger partial charge < -0.3 is 9.72 Å². The average Bonchev–Trinajstić information content (AvgIpc) is 3.37. The molecule has 0 saturated carbocycles. The Morgan fingerprint density at radius 3 is 2.62 bits per heavy atom. The van der Waals surface area contributed by atoms with Crippen molar-refractivity contribution in [3.05, 3.63) is 58.0 Å². The van der Waals surface area contributed by atoms with Crippen LogP contribution in [0.5, 0.6) is 5.88 Å². The maximum absolute atomic E-state index is 12.8. The van der Waals surface area contributed by atoms with E-state index in [1.165, 1.54) is 4.52 Å². The number of nitrogens with one attached hydrogen (secondary N) is 2. The predicted octanol–water partition coefficient (Wildman–Crippen LogP) is 4.40. The summed E-state index contributed by atoms with van der Waals surface area (Å²) < 4.78 is 7.20. The minimum absolute atomic E-state index is 0.0636. The summed E-state index contributed by atoms with van der Waals surface area (Å²) in [7, 11) is 0. The van der Waals surface area contributed by atoms with Crippen molar-refractivity contribution in [2.24, 2.45) is 10.2 Å². The fourth-order valence-electron chi connectivity index (χ4n) is 3.25. The standard InChI is InChI=1S/C22H22N8O2/c1-5-32-21-17(25-27-19-14(12-23)18(26-28-19)22(2,3)4)20(31)24-16-11-15(29-30(16)21)13-9-7-6-8-10-13/h6-11H,5H2,1-4H3,(H,24,31)(H,26,28)/b27-25+. The number of ether oxygens (including phenoxy) is 1. The lowest BCUT2D eigenvalue weighted by Gasteiger charge is -2.15. The Morgan fingerprint density at radius 2 is 1.97 bits per heavy atom. The van der Waals surface area contributed by atoms with Crippen molar-refractivity contribution >= 4 is 17.2 Å². The molecule has 0 unspecified atom stereocenters. The quantitative estimate of drug-likeness (QED) is 0.452. The number of fused-ring (bicyclic) bond motifs is 1. The highest BCUT2D eigenvalue weighted by molar-refractivity contribution is 5.66. The molecule has 0 fully saturated rings. The van der Waals surface area contributed by atoms with Gasteiger partial charge in [-0.1, -0.05) is 51.1 Å². The zero-order chi connectivity index (χ0) is 22.9. The van der Waals surface area contributed by atoms with Gasteiger partial charge in [-0.2, -0.15) is 20.0 Å². The van der Waals surface area contributed by atoms with Gasteiger partial charge in [-0.3, -0.25) is 9.89 Å². The van der Waals surface area contributed by atoms with E-state index in [1.54, 1.807) is 13.0 Å². The summed E-state index contributed by atoms with van der Waals surface area (Å²) in [5.41, 5.74) is 2.06. The van der Waals surface area contributed by atoms with Crippen LogP contribution < -0.4 is 10.3 Å². The van der Waals surface area contributed by atoms with Gasteiger partial charge in [0.15, 0.2) is 0 Å². The molecular formula is C22H22N8O2. The fraction of sp³-hybridized carbons (Fsp3) is 0.273. The van der Waals surface area contributed by atoms with Crippen LogP contribution in [0.2, 0.25) is 0 Å². The first-order chi connectivity index (χ1) is 15.3. The first-order valence-electron chi connectivity index (χ1n) is 10.1. The normalized spacial score (nSPS) is 11.8. The molecule has 3 aromatic heterocycles. The fourth-order valence-corrected chi connectivity index (χ4v) is 3.25. The molecule has 162 valence electrons. The SMILES string of the molecule is CCOc1c(/N=N/c2n[nH]c(C(C)(C)C)c2C#N)c(=O)[nH]c2cc(-c3ccccc3)nn12. The Bertz CT molecular complexity index is 1400. The Hall–Kier alpha value is -4.26. The number of H-pyrrole nitrogens is 2. The van der Waals surface area contributed by atoms with E-state index in [-0.39, 0.29) is 28.4 Å². The predicted molar refractivity (Wildman–Crippen MR) is 119 cm³/mol. The monoisotopic (exact) mass is 430 g/mol. The Kier molecular flexibility index (Phi) is 5.32. The third-order valence-electron chi connectivity index (χ3n) is 4.77. The molecule has 1 aromatic carbocycles. The summed E-state index contributed by atoms with van der Waals surface area (Å²) >= 11 is 0. The van der Waals surface area contributed by atoms with Gasteiger partial charge in [0.2, 0.25) is 11.5 Å². The van der Waals surface area contributed by atoms with Gasteiger partial charge in [0.25, 0.3) is 11.4 Å². The second-order valence-electron chi connectivity index (χ2n) is 8.09. The molecular weight excluding hydrogens is 408 g/mol. The van der Waals surface area contributed by atoms with Crippen LogP contribution in [0.3, 0.4) is 0 Å². The molecule has 0 atom stereocenters. The Balaban J connectivity index is 1.84. The summed E-state index contributed by atoms with van der Waals surface area (Å²) in [6.45, 7) is 7.96. The summed E-state index contributed by atoms with van der Waals surface area (Å²) in [5.74, 6) is 0.257. The van der Waals surface area contributed by atoms with Crippen molar-refractivity contribution < 1.29 is 4.74 Å². The lowest BCUT2D eigenvalue weighted by atomic mass is 9.90. The smallest absolute Gasteiger partial charge is 0.283 e. The lowest BCUT2D eigenvalue weighted by Crippen LogP contribution is -2.13. The van der Waals surface area contributed by atoms with Gasteiger partial charge in [0.05, 0.1) is 18.0 Å². The number of hydrogen-bond donors (Lipinski definition) is 2. The Labute approximate surface area is 183 Å². The maximum atomic E-state index is 12.8. The van der Waals surface area contributed by atoms with E-state index < -0.39 is 5.56 Å². The zero-order valence-electron chi connectivity index (χ0n) is 18.2. The summed E-state index contributed by atoms with van der Waals surface area (Å²) in [6.07, 6.45) is 0. The van der Waals surface area contributed by atoms with Gasteiger partial charge in [0, 0.05) is 17.0 Å². The second kappa shape index (κ2) is 8.11. The first-order valence-corrected chi connectivity index (χ1v) is 10.1. The number of aromatic amines is 2. The molecule has 10 heteroatoms. The van der Waals surface area contributed by atoms with Crippen LogP contribution in [-0.2, 0) is 5.41 Å². The van der Waals surface area contributed by atoms with Crippen molar-refractivity contribution in [1.29, 1.82) is 5.26 Å². The lowest BCUT2D eigenvalue weighted by molar-refractivity contribution is 0.318. The molecule has 4 aromatic rings. The molecule has 4 rings (SSSR count). The van der Waals surface area contributed by atoms with E-state index in [2.05, 4.69) is 36.6 Å². The number of nitriles is 1. The van der Waals surface area contributed by atoms with E-state index >= 15 is 0 Å². The molecule has 0 aliphatic heterocycles. The highest BCUT2D eigenvalue weighted by Crippen LogP contribution is 2.31. The first kappa shape index (κ1) is 21.0. The van der Waals surface area contributed by atoms with E-state index in [9.17, 15) is 10.1 Å². The minimum Gasteiger partial charge on any atom is -0.476 e. The van der Waals surface area contributed by atoms with Crippen LogP contribution in [0, 0.1) is 11.3 Å².